The number of hydrogen-bond acceptors (Lipinski definition) is 6. The minimum absolute atomic E-state index is 0.0167. The third kappa shape index (κ3) is 4.89. The SMILES string of the molecule is O=C(COC(=O)c1ccc2c(c1)[C@@H]1C=CC[C@@H]1[C@H](c1ccc([N+](=O)[O-])cc1)N2)c1ccc(-c2ccccc2)cc1. The lowest BCUT2D eigenvalue weighted by atomic mass is 9.76. The second-order valence-electron chi connectivity index (χ2n) is 10.1. The summed E-state index contributed by atoms with van der Waals surface area (Å²) in [6.45, 7) is -0.340. The molecule has 2 aliphatic rings. The molecule has 40 heavy (non-hydrogen) atoms. The van der Waals surface area contributed by atoms with Gasteiger partial charge in [0.05, 0.1) is 16.5 Å². The molecule has 7 nitrogen and oxygen atoms in total. The quantitative estimate of drug-likeness (QED) is 0.0897. The summed E-state index contributed by atoms with van der Waals surface area (Å²) < 4.78 is 5.40. The van der Waals surface area contributed by atoms with Gasteiger partial charge in [-0.1, -0.05) is 78.9 Å². The Morgan fingerprint density at radius 3 is 2.30 bits per heavy atom. The molecule has 1 N–H and O–H groups in total. The second-order valence-corrected chi connectivity index (χ2v) is 10.1. The van der Waals surface area contributed by atoms with Crippen LogP contribution in [0.4, 0.5) is 11.4 Å². The lowest BCUT2D eigenvalue weighted by molar-refractivity contribution is -0.384. The molecule has 0 unspecified atom stereocenters. The van der Waals surface area contributed by atoms with Crippen LogP contribution in [0.25, 0.3) is 11.1 Å². The first-order valence-electron chi connectivity index (χ1n) is 13.2. The first-order chi connectivity index (χ1) is 19.5. The number of ketones is 1. The number of esters is 1. The van der Waals surface area contributed by atoms with E-state index in [-0.39, 0.29) is 36.0 Å². The molecule has 0 amide bonds. The zero-order valence-electron chi connectivity index (χ0n) is 21.5. The molecule has 0 aromatic heterocycles. The number of Topliss-reactive ketones (excluding diaryl/α,β-unsaturated/α-hetero) is 1. The number of fused-ring (bicyclic) bond motifs is 3. The Hall–Kier alpha value is -5.04. The molecular formula is C33H26N2O5. The van der Waals surface area contributed by atoms with E-state index >= 15 is 0 Å². The van der Waals surface area contributed by atoms with Crippen molar-refractivity contribution in [1.82, 2.24) is 0 Å². The standard InChI is InChI=1S/C33H26N2O5/c36-31(23-11-9-22(10-12-23)21-5-2-1-3-6-21)20-40-33(37)25-15-18-30-29(19-25)27-7-4-8-28(27)32(34-30)24-13-16-26(17-14-24)35(38)39/h1-7,9-19,27-28,32,34H,8,20H2/t27-,28+,32+/m1/s1. The van der Waals surface area contributed by atoms with Crippen molar-refractivity contribution in [3.8, 4) is 11.1 Å². The largest absolute Gasteiger partial charge is 0.454 e. The van der Waals surface area contributed by atoms with Crippen LogP contribution in [-0.2, 0) is 4.74 Å². The van der Waals surface area contributed by atoms with Gasteiger partial charge < -0.3 is 10.1 Å². The molecule has 1 aliphatic carbocycles. The van der Waals surface area contributed by atoms with Gasteiger partial charge in [0.25, 0.3) is 5.69 Å². The molecule has 0 fully saturated rings. The van der Waals surface area contributed by atoms with Gasteiger partial charge in [-0.3, -0.25) is 14.9 Å². The summed E-state index contributed by atoms with van der Waals surface area (Å²) in [4.78, 5) is 36.3. The van der Waals surface area contributed by atoms with E-state index in [1.54, 1.807) is 30.3 Å². The average Bonchev–Trinajstić information content (AvgIpc) is 3.50. The minimum Gasteiger partial charge on any atom is -0.454 e. The number of nitro groups is 1. The molecule has 1 aliphatic heterocycles. The number of ether oxygens (including phenoxy) is 1. The molecule has 198 valence electrons. The van der Waals surface area contributed by atoms with E-state index in [9.17, 15) is 19.7 Å². The van der Waals surface area contributed by atoms with E-state index < -0.39 is 10.9 Å². The van der Waals surface area contributed by atoms with Crippen LogP contribution in [0.2, 0.25) is 0 Å². The predicted molar refractivity (Wildman–Crippen MR) is 152 cm³/mol. The van der Waals surface area contributed by atoms with Crippen LogP contribution in [-0.4, -0.2) is 23.3 Å². The van der Waals surface area contributed by atoms with E-state index in [1.807, 2.05) is 54.6 Å². The van der Waals surface area contributed by atoms with Gasteiger partial charge in [0.1, 0.15) is 0 Å². The lowest BCUT2D eigenvalue weighted by Gasteiger charge is -2.37. The van der Waals surface area contributed by atoms with Crippen molar-refractivity contribution >= 4 is 23.1 Å². The highest BCUT2D eigenvalue weighted by molar-refractivity contribution is 5.99. The maximum Gasteiger partial charge on any atom is 0.338 e. The van der Waals surface area contributed by atoms with E-state index in [0.29, 0.717) is 11.1 Å². The first-order valence-corrected chi connectivity index (χ1v) is 13.2. The molecule has 1 heterocycles. The smallest absolute Gasteiger partial charge is 0.338 e. The fourth-order valence-corrected chi connectivity index (χ4v) is 5.63. The minimum atomic E-state index is -0.548. The number of nitro benzene ring substituents is 1. The van der Waals surface area contributed by atoms with Gasteiger partial charge in [-0.15, -0.1) is 0 Å². The predicted octanol–water partition coefficient (Wildman–Crippen LogP) is 7.13. The van der Waals surface area contributed by atoms with E-state index in [1.165, 1.54) is 12.1 Å². The van der Waals surface area contributed by atoms with Crippen LogP contribution in [0, 0.1) is 16.0 Å². The molecular weight excluding hydrogens is 504 g/mol. The highest BCUT2D eigenvalue weighted by atomic mass is 16.6. The molecule has 3 atom stereocenters. The maximum atomic E-state index is 12.9. The van der Waals surface area contributed by atoms with Crippen molar-refractivity contribution in [3.05, 3.63) is 142 Å². The molecule has 0 radical (unpaired) electrons. The number of non-ortho nitro benzene ring substituents is 1. The van der Waals surface area contributed by atoms with Gasteiger partial charge in [-0.25, -0.2) is 4.79 Å². The van der Waals surface area contributed by atoms with Crippen molar-refractivity contribution in [3.63, 3.8) is 0 Å². The first kappa shape index (κ1) is 25.2. The van der Waals surface area contributed by atoms with Gasteiger partial charge in [0.2, 0.25) is 0 Å². The van der Waals surface area contributed by atoms with Crippen molar-refractivity contribution in [2.24, 2.45) is 5.92 Å². The summed E-state index contributed by atoms with van der Waals surface area (Å²) in [6.07, 6.45) is 5.14. The van der Waals surface area contributed by atoms with E-state index in [4.69, 9.17) is 4.74 Å². The second kappa shape index (κ2) is 10.6. The Morgan fingerprint density at radius 1 is 0.875 bits per heavy atom. The lowest BCUT2D eigenvalue weighted by Crippen LogP contribution is -2.29. The van der Waals surface area contributed by atoms with Crippen molar-refractivity contribution in [2.45, 2.75) is 18.4 Å². The highest BCUT2D eigenvalue weighted by Crippen LogP contribution is 2.50. The van der Waals surface area contributed by atoms with Crippen LogP contribution in [0.15, 0.2) is 109 Å². The summed E-state index contributed by atoms with van der Waals surface area (Å²) in [5, 5.41) is 14.6. The van der Waals surface area contributed by atoms with Crippen molar-refractivity contribution < 1.29 is 19.2 Å². The number of allylic oxidation sites excluding steroid dienone is 2. The van der Waals surface area contributed by atoms with Crippen molar-refractivity contribution in [1.29, 1.82) is 0 Å². The Kier molecular flexibility index (Phi) is 6.70. The van der Waals surface area contributed by atoms with Crippen LogP contribution >= 0.6 is 0 Å². The third-order valence-electron chi connectivity index (χ3n) is 7.71. The monoisotopic (exact) mass is 530 g/mol. The van der Waals surface area contributed by atoms with Gasteiger partial charge in [-0.05, 0) is 52.8 Å². The summed E-state index contributed by atoms with van der Waals surface area (Å²) >= 11 is 0. The van der Waals surface area contributed by atoms with Crippen LogP contribution in [0.1, 0.15) is 50.2 Å². The number of nitrogens with zero attached hydrogens (tertiary/aromatic N) is 1. The third-order valence-corrected chi connectivity index (χ3v) is 7.71. The molecule has 4 aromatic rings. The zero-order valence-corrected chi connectivity index (χ0v) is 21.5. The summed E-state index contributed by atoms with van der Waals surface area (Å²) in [5.41, 5.74) is 5.89. The number of carbonyl (C=O) groups is 2. The van der Waals surface area contributed by atoms with Crippen molar-refractivity contribution in [2.75, 3.05) is 11.9 Å². The number of rotatable bonds is 7. The Balaban J connectivity index is 1.14. The Morgan fingerprint density at radius 2 is 1.57 bits per heavy atom. The molecule has 0 saturated carbocycles. The van der Waals surface area contributed by atoms with Gasteiger partial charge in [0.15, 0.2) is 12.4 Å². The summed E-state index contributed by atoms with van der Waals surface area (Å²) in [7, 11) is 0. The molecule has 7 heteroatoms. The van der Waals surface area contributed by atoms with Gasteiger partial charge in [0, 0.05) is 29.3 Å². The van der Waals surface area contributed by atoms with Gasteiger partial charge in [-0.2, -0.15) is 0 Å². The fourth-order valence-electron chi connectivity index (χ4n) is 5.63. The Bertz CT molecular complexity index is 1610. The Labute approximate surface area is 231 Å². The molecule has 4 aromatic carbocycles. The number of nitrogens with one attached hydrogen (secondary N) is 1. The summed E-state index contributed by atoms with van der Waals surface area (Å²) in [5.74, 6) is -0.514. The van der Waals surface area contributed by atoms with E-state index in [2.05, 4.69) is 17.5 Å². The zero-order chi connectivity index (χ0) is 27.6. The summed E-state index contributed by atoms with van der Waals surface area (Å²) in [6, 6.07) is 29.2. The molecule has 0 saturated heterocycles. The van der Waals surface area contributed by atoms with E-state index in [0.717, 1.165) is 34.4 Å². The number of hydrogen-bond donors (Lipinski definition) is 1. The number of benzene rings is 4. The maximum absolute atomic E-state index is 12.9. The molecule has 6 rings (SSSR count). The average molecular weight is 531 g/mol. The topological polar surface area (TPSA) is 98.5 Å². The highest BCUT2D eigenvalue weighted by Gasteiger charge is 2.38. The fraction of sp³-hybridized carbons (Fsp3) is 0.152. The molecule has 0 bridgehead atoms. The van der Waals surface area contributed by atoms with Gasteiger partial charge >= 0.3 is 5.97 Å². The van der Waals surface area contributed by atoms with Crippen LogP contribution in [0.5, 0.6) is 0 Å². The van der Waals surface area contributed by atoms with Crippen LogP contribution in [0.3, 0.4) is 0 Å². The molecule has 0 spiro atoms. The van der Waals surface area contributed by atoms with Crippen LogP contribution < -0.4 is 5.32 Å². The number of carbonyl (C=O) groups excluding carboxylic acids is 2. The normalized spacial score (nSPS) is 18.8. The number of anilines is 1.